The van der Waals surface area contributed by atoms with E-state index in [1.54, 1.807) is 0 Å². The van der Waals surface area contributed by atoms with Crippen LogP contribution in [0, 0.1) is 0 Å². The van der Waals surface area contributed by atoms with E-state index in [2.05, 4.69) is 0 Å². The van der Waals surface area contributed by atoms with Crippen LogP contribution in [-0.2, 0) is 9.57 Å². The molecule has 0 bridgehead atoms. The van der Waals surface area contributed by atoms with Crippen LogP contribution in [0.2, 0.25) is 6.04 Å². The molecule has 1 N–H and O–H groups in total. The molecule has 9 heavy (non-hydrogen) atoms. The Hall–Kier alpha value is 0.127. The summed E-state index contributed by atoms with van der Waals surface area (Å²) in [5.41, 5.74) is 0. The Kier molecular flexibility index (Phi) is 4.08. The summed E-state index contributed by atoms with van der Waals surface area (Å²) in [7, 11) is -4.79. The molecule has 0 saturated heterocycles. The fraction of sp³-hybridized carbons (Fsp3) is 1.00. The van der Waals surface area contributed by atoms with Crippen LogP contribution in [0.4, 0.5) is 0 Å². The molecule has 0 aliphatic carbocycles. The Balaban J connectivity index is 3.30. The second-order valence-electron chi connectivity index (χ2n) is 1.99. The van der Waals surface area contributed by atoms with Crippen molar-refractivity contribution in [2.45, 2.75) is 25.8 Å². The zero-order valence-corrected chi connectivity index (χ0v) is 7.73. The van der Waals surface area contributed by atoms with Crippen molar-refractivity contribution in [2.24, 2.45) is 0 Å². The molecule has 0 aromatic heterocycles. The van der Waals surface area contributed by atoms with E-state index < -0.39 is 18.2 Å². The van der Waals surface area contributed by atoms with Gasteiger partial charge in [0.25, 0.3) is 0 Å². The molecule has 0 aliphatic rings. The summed E-state index contributed by atoms with van der Waals surface area (Å²) in [5.74, 6) is 0. The summed E-state index contributed by atoms with van der Waals surface area (Å²) < 4.78 is 28.5. The van der Waals surface area contributed by atoms with Crippen LogP contribution in [0.1, 0.15) is 19.8 Å². The van der Waals surface area contributed by atoms with Gasteiger partial charge in [0, 0.05) is 0 Å². The molecule has 0 atom stereocenters. The molecule has 0 aliphatic heterocycles. The van der Waals surface area contributed by atoms with E-state index in [4.69, 9.17) is 4.55 Å². The van der Waals surface area contributed by atoms with E-state index in [-0.39, 0.29) is 0 Å². The van der Waals surface area contributed by atoms with Crippen molar-refractivity contribution in [3.05, 3.63) is 0 Å². The first-order valence-electron chi connectivity index (χ1n) is 3.01. The number of hydrogen-bond acceptors (Lipinski definition) is 2. The molecule has 0 unspecified atom stereocenters. The number of hydrogen-bond donors (Lipinski definition) is 1. The van der Waals surface area contributed by atoms with Crippen LogP contribution in [-0.4, -0.2) is 21.6 Å². The molecule has 0 radical (unpaired) electrons. The average Bonchev–Trinajstić information content (AvgIpc) is 1.63. The molecular weight excluding hydrogens is 156 g/mol. The van der Waals surface area contributed by atoms with Crippen LogP contribution < -0.4 is 0 Å². The van der Waals surface area contributed by atoms with Gasteiger partial charge < -0.3 is 0 Å². The Morgan fingerprint density at radius 3 is 2.44 bits per heavy atom. The average molecular weight is 168 g/mol. The minimum absolute atomic E-state index is 0.704. The van der Waals surface area contributed by atoms with Gasteiger partial charge in [0.2, 0.25) is 9.57 Å². The fourth-order valence-electron chi connectivity index (χ4n) is 0.534. The molecular formula is C4H12O3SSi. The number of unbranched alkanes of at least 4 members (excludes halogenated alkanes) is 1. The monoisotopic (exact) mass is 168 g/mol. The van der Waals surface area contributed by atoms with Gasteiger partial charge in [-0.1, -0.05) is 19.8 Å². The Morgan fingerprint density at radius 2 is 2.11 bits per heavy atom. The van der Waals surface area contributed by atoms with Gasteiger partial charge in [0.1, 0.15) is 0 Å². The highest BCUT2D eigenvalue weighted by atomic mass is 32.4. The maximum absolute atomic E-state index is 10.1. The van der Waals surface area contributed by atoms with Crippen molar-refractivity contribution in [2.75, 3.05) is 0 Å². The van der Waals surface area contributed by atoms with E-state index >= 15 is 0 Å². The van der Waals surface area contributed by atoms with Crippen LogP contribution >= 0.6 is 0 Å². The summed E-state index contributed by atoms with van der Waals surface area (Å²) in [6.07, 6.45) is 1.93. The number of rotatable bonds is 4. The lowest BCUT2D eigenvalue weighted by atomic mass is 10.4. The van der Waals surface area contributed by atoms with Gasteiger partial charge in [0.05, 0.1) is 0 Å². The lowest BCUT2D eigenvalue weighted by Crippen LogP contribution is -2.06. The highest BCUT2D eigenvalue weighted by molar-refractivity contribution is 8.10. The lowest BCUT2D eigenvalue weighted by molar-refractivity contribution is 0.500. The van der Waals surface area contributed by atoms with Gasteiger partial charge in [-0.2, -0.15) is 0 Å². The van der Waals surface area contributed by atoms with E-state index in [9.17, 15) is 8.42 Å². The summed E-state index contributed by atoms with van der Waals surface area (Å²) in [6, 6.07) is 0.704. The molecule has 56 valence electrons. The van der Waals surface area contributed by atoms with E-state index in [1.165, 1.54) is 0 Å². The van der Waals surface area contributed by atoms with Gasteiger partial charge in [-0.25, -0.2) is 8.42 Å². The summed E-state index contributed by atoms with van der Waals surface area (Å²) in [6.45, 7) is 2.00. The van der Waals surface area contributed by atoms with Crippen LogP contribution in [0.15, 0.2) is 0 Å². The van der Waals surface area contributed by atoms with Gasteiger partial charge in [-0.3, -0.25) is 4.55 Å². The second kappa shape index (κ2) is 4.03. The summed E-state index contributed by atoms with van der Waals surface area (Å²) >= 11 is 0. The topological polar surface area (TPSA) is 54.4 Å². The van der Waals surface area contributed by atoms with Gasteiger partial charge in [-0.05, 0) is 6.04 Å². The smallest absolute Gasteiger partial charge is 0.220 e. The molecule has 0 amide bonds. The molecule has 0 aromatic rings. The minimum Gasteiger partial charge on any atom is -0.292 e. The molecule has 5 heteroatoms. The standard InChI is InChI=1S/C4H12O3SSi/c1-2-3-4-9-8(5,6)7/h2-4,9H2,1H3,(H,5,6,7). The zero-order chi connectivity index (χ0) is 7.33. The molecule has 0 rings (SSSR count). The van der Waals surface area contributed by atoms with E-state index in [0.717, 1.165) is 12.8 Å². The quantitative estimate of drug-likeness (QED) is 0.370. The second-order valence-corrected chi connectivity index (χ2v) is 7.69. The molecule has 3 nitrogen and oxygen atoms in total. The predicted octanol–water partition coefficient (Wildman–Crippen LogP) is 0.176. The fourth-order valence-corrected chi connectivity index (χ4v) is 3.31. The maximum atomic E-state index is 10.1. The minimum atomic E-state index is -3.56. The van der Waals surface area contributed by atoms with Crippen molar-refractivity contribution >= 4 is 18.2 Å². The molecule has 0 spiro atoms. The zero-order valence-electron chi connectivity index (χ0n) is 5.50. The Morgan fingerprint density at radius 1 is 1.56 bits per heavy atom. The third-order valence-electron chi connectivity index (χ3n) is 1.01. The van der Waals surface area contributed by atoms with E-state index in [1.807, 2.05) is 6.92 Å². The molecule has 0 heterocycles. The van der Waals surface area contributed by atoms with Crippen molar-refractivity contribution < 1.29 is 13.0 Å². The third kappa shape index (κ3) is 8.13. The van der Waals surface area contributed by atoms with Gasteiger partial charge in [-0.15, -0.1) is 0 Å². The van der Waals surface area contributed by atoms with Crippen LogP contribution in [0.3, 0.4) is 0 Å². The highest BCUT2D eigenvalue weighted by Crippen LogP contribution is 1.95. The first-order chi connectivity index (χ1) is 4.06. The molecule has 0 aromatic carbocycles. The first kappa shape index (κ1) is 9.13. The Labute approximate surface area is 57.7 Å². The van der Waals surface area contributed by atoms with Crippen molar-refractivity contribution in [3.63, 3.8) is 0 Å². The third-order valence-corrected chi connectivity index (χ3v) is 4.72. The van der Waals surface area contributed by atoms with E-state index in [0.29, 0.717) is 6.04 Å². The van der Waals surface area contributed by atoms with Crippen molar-refractivity contribution in [1.82, 2.24) is 0 Å². The summed E-state index contributed by atoms with van der Waals surface area (Å²) in [5, 5.41) is 0. The van der Waals surface area contributed by atoms with Crippen molar-refractivity contribution in [1.29, 1.82) is 0 Å². The molecule has 0 fully saturated rings. The van der Waals surface area contributed by atoms with Crippen LogP contribution in [0.25, 0.3) is 0 Å². The van der Waals surface area contributed by atoms with Gasteiger partial charge >= 0.3 is 0 Å². The first-order valence-corrected chi connectivity index (χ1v) is 7.35. The van der Waals surface area contributed by atoms with Crippen molar-refractivity contribution in [3.8, 4) is 0 Å². The largest absolute Gasteiger partial charge is 0.292 e. The lowest BCUT2D eigenvalue weighted by Gasteiger charge is -1.91. The Bertz CT molecular complexity index is 151. The normalized spacial score (nSPS) is 13.1. The highest BCUT2D eigenvalue weighted by Gasteiger charge is 2.02. The predicted molar refractivity (Wildman–Crippen MR) is 39.8 cm³/mol. The maximum Gasteiger partial charge on any atom is 0.220 e. The summed E-state index contributed by atoms with van der Waals surface area (Å²) in [4.78, 5) is 0. The SMILES string of the molecule is CCCC[SiH2]S(=O)(=O)O. The van der Waals surface area contributed by atoms with Crippen LogP contribution in [0.5, 0.6) is 0 Å². The van der Waals surface area contributed by atoms with Gasteiger partial charge in [0.15, 0.2) is 8.67 Å². The molecule has 0 saturated carbocycles.